The van der Waals surface area contributed by atoms with Gasteiger partial charge >= 0.3 is 0 Å². The topological polar surface area (TPSA) is 27.1 Å². The van der Waals surface area contributed by atoms with E-state index in [0.717, 1.165) is 50.6 Å². The largest absolute Gasteiger partial charge is 0.457 e. The molecule has 0 bridgehead atoms. The molecule has 5 nitrogen and oxygen atoms in total. The van der Waals surface area contributed by atoms with E-state index in [2.05, 4.69) is 252 Å². The molecule has 1 saturated heterocycles. The van der Waals surface area contributed by atoms with Gasteiger partial charge in [-0.2, -0.15) is 9.18 Å². The highest BCUT2D eigenvalue weighted by molar-refractivity contribution is 6.09. The number of quaternary nitrogens is 2. The maximum Gasteiger partial charge on any atom is 0.225 e. The zero-order valence-corrected chi connectivity index (χ0v) is 43.1. The Hall–Kier alpha value is -6.79. The quantitative estimate of drug-likeness (QED) is 0.0776. The summed E-state index contributed by atoms with van der Waals surface area (Å²) in [6, 6.07) is 58.7. The van der Waals surface area contributed by atoms with Gasteiger partial charge in [0.25, 0.3) is 0 Å². The lowest BCUT2D eigenvalue weighted by Gasteiger charge is -2.41. The first-order valence-corrected chi connectivity index (χ1v) is 25.4. The molecular weight excluding hydrogens is 853 g/mol. The van der Waals surface area contributed by atoms with E-state index in [0.29, 0.717) is 26.9 Å². The second-order valence-corrected chi connectivity index (χ2v) is 22.9. The Labute approximate surface area is 415 Å². The second kappa shape index (κ2) is 16.4. The molecule has 11 rings (SSSR count). The van der Waals surface area contributed by atoms with E-state index >= 15 is 0 Å². The molecule has 0 amide bonds. The van der Waals surface area contributed by atoms with Crippen molar-refractivity contribution in [1.29, 1.82) is 0 Å². The number of hydrogen-bond acceptors (Lipinski definition) is 2. The molecule has 70 heavy (non-hydrogen) atoms. The number of ether oxygens (including phenoxy) is 1. The van der Waals surface area contributed by atoms with Crippen LogP contribution in [0.25, 0.3) is 49.9 Å². The fraction of sp³-hybridized carbons (Fsp3) is 0.262. The number of nitrogens with zero attached hydrogens (tertiary/aromatic N) is 4. The van der Waals surface area contributed by atoms with Crippen LogP contribution in [0.2, 0.25) is 0 Å². The molecule has 7 aromatic carbocycles. The smallest absolute Gasteiger partial charge is 0.225 e. The molecule has 2 aromatic heterocycles. The van der Waals surface area contributed by atoms with Crippen LogP contribution < -0.4 is 13.9 Å². The molecule has 0 N–H and O–H groups in total. The molecule has 0 radical (unpaired) electrons. The molecule has 0 aliphatic carbocycles. The van der Waals surface area contributed by atoms with Crippen molar-refractivity contribution in [2.45, 2.75) is 112 Å². The van der Waals surface area contributed by atoms with Crippen LogP contribution in [-0.2, 0) is 10.8 Å². The molecule has 352 valence electrons. The predicted molar refractivity (Wildman–Crippen MR) is 296 cm³/mol. The summed E-state index contributed by atoms with van der Waals surface area (Å²) in [5.74, 6) is 3.67. The van der Waals surface area contributed by atoms with Crippen molar-refractivity contribution in [2.75, 3.05) is 0 Å². The van der Waals surface area contributed by atoms with Crippen molar-refractivity contribution >= 4 is 44.6 Å². The maximum absolute atomic E-state index is 7.14. The summed E-state index contributed by atoms with van der Waals surface area (Å²) in [5.41, 5.74) is 18.9. The van der Waals surface area contributed by atoms with Crippen LogP contribution in [0, 0.1) is 6.67 Å². The Kier molecular flexibility index (Phi) is 10.7. The molecule has 2 atom stereocenters. The molecule has 2 aliphatic rings. The van der Waals surface area contributed by atoms with Crippen LogP contribution in [0.4, 0.5) is 22.7 Å². The highest BCUT2D eigenvalue weighted by atomic mass is 16.5. The van der Waals surface area contributed by atoms with Crippen molar-refractivity contribution in [3.8, 4) is 39.6 Å². The molecule has 0 spiro atoms. The molecule has 9 aromatic rings. The standard InChI is InChI=1S/C65H67N4O/c1-41(2)46-34-56(42(3)4)63(57(35-46)43(5)6)45-21-18-22-50(31-45)68-40-69(68,60-28-25-48(36-61(60)68)64(7,8)9)51-32-47(44-19-14-13-15-20-44)33-53(38-51)70-52-26-27-55-54-23-16-17-24-58(54)67(59(55)39-52)62-37-49(29-30-66-62)65(10,11)12/h13-43H,1-12H3/q+1/t68-,69?/m0/s1. The van der Waals surface area contributed by atoms with Gasteiger partial charge in [0.15, 0.2) is 18.0 Å². The van der Waals surface area contributed by atoms with Gasteiger partial charge in [-0.1, -0.05) is 162 Å². The number of para-hydroxylation sites is 1. The first-order chi connectivity index (χ1) is 33.4. The van der Waals surface area contributed by atoms with Crippen molar-refractivity contribution in [1.82, 2.24) is 18.7 Å². The third-order valence-corrected chi connectivity index (χ3v) is 15.1. The van der Waals surface area contributed by atoms with Crippen LogP contribution in [0.5, 0.6) is 11.5 Å². The Morgan fingerprint density at radius 1 is 0.486 bits per heavy atom. The Bertz CT molecular complexity index is 3480. The number of hydrogen-bond donors (Lipinski definition) is 0. The van der Waals surface area contributed by atoms with Crippen LogP contribution in [0.15, 0.2) is 164 Å². The molecule has 1 unspecified atom stereocenters. The third-order valence-electron chi connectivity index (χ3n) is 15.1. The number of pyridine rings is 1. The van der Waals surface area contributed by atoms with Gasteiger partial charge < -0.3 is 4.74 Å². The zero-order valence-electron chi connectivity index (χ0n) is 43.1. The van der Waals surface area contributed by atoms with Crippen LogP contribution >= 0.6 is 0 Å². The summed E-state index contributed by atoms with van der Waals surface area (Å²) in [6.07, 6.45) is 1.94. The van der Waals surface area contributed by atoms with E-state index < -0.39 is 0 Å². The van der Waals surface area contributed by atoms with Gasteiger partial charge in [0.05, 0.1) is 11.0 Å². The molecule has 5 heteroatoms. The van der Waals surface area contributed by atoms with E-state index in [-0.39, 0.29) is 10.8 Å². The predicted octanol–water partition coefficient (Wildman–Crippen LogP) is 18.6. The molecule has 1 fully saturated rings. The maximum atomic E-state index is 7.14. The summed E-state index contributed by atoms with van der Waals surface area (Å²) >= 11 is 0. The number of aromatic nitrogens is 2. The van der Waals surface area contributed by atoms with Gasteiger partial charge in [-0.3, -0.25) is 4.57 Å². The zero-order chi connectivity index (χ0) is 49.1. The third kappa shape index (κ3) is 7.23. The van der Waals surface area contributed by atoms with Crippen molar-refractivity contribution < 1.29 is 4.74 Å². The normalized spacial score (nSPS) is 17.6. The average Bonchev–Trinajstić information content (AvgIpc) is 3.83. The van der Waals surface area contributed by atoms with Crippen LogP contribution in [0.1, 0.15) is 129 Å². The highest BCUT2D eigenvalue weighted by Crippen LogP contribution is 2.76. The van der Waals surface area contributed by atoms with Gasteiger partial charge in [0.2, 0.25) is 11.4 Å². The minimum atomic E-state index is -0.0215. The van der Waals surface area contributed by atoms with Crippen LogP contribution in [-0.4, -0.2) is 9.55 Å². The Morgan fingerprint density at radius 2 is 1.13 bits per heavy atom. The second-order valence-electron chi connectivity index (χ2n) is 22.9. The average molecular weight is 920 g/mol. The fourth-order valence-electron chi connectivity index (χ4n) is 11.2. The van der Waals surface area contributed by atoms with Gasteiger partial charge in [0.1, 0.15) is 17.3 Å². The van der Waals surface area contributed by atoms with Crippen molar-refractivity contribution in [3.63, 3.8) is 0 Å². The van der Waals surface area contributed by atoms with E-state index in [4.69, 9.17) is 9.72 Å². The number of benzene rings is 7. The monoisotopic (exact) mass is 920 g/mol. The summed E-state index contributed by atoms with van der Waals surface area (Å²) in [6.45, 7) is 30.2. The van der Waals surface area contributed by atoms with E-state index in [1.54, 1.807) is 0 Å². The van der Waals surface area contributed by atoms with E-state index in [1.807, 2.05) is 6.20 Å². The lowest BCUT2D eigenvalue weighted by Crippen LogP contribution is -2.46. The number of fused-ring (bicyclic) bond motifs is 7. The fourth-order valence-corrected chi connectivity index (χ4v) is 11.2. The summed E-state index contributed by atoms with van der Waals surface area (Å²) in [7, 11) is 0. The molecule has 2 aliphatic heterocycles. The minimum Gasteiger partial charge on any atom is -0.457 e. The van der Waals surface area contributed by atoms with Crippen molar-refractivity contribution in [3.05, 3.63) is 198 Å². The lowest BCUT2D eigenvalue weighted by atomic mass is 9.81. The number of rotatable bonds is 10. The van der Waals surface area contributed by atoms with Crippen LogP contribution in [0.3, 0.4) is 0 Å². The minimum absolute atomic E-state index is 0.00881. The van der Waals surface area contributed by atoms with Crippen molar-refractivity contribution in [2.24, 2.45) is 0 Å². The van der Waals surface area contributed by atoms with E-state index in [9.17, 15) is 0 Å². The summed E-state index contributed by atoms with van der Waals surface area (Å²) in [4.78, 5) is 4.95. The highest BCUT2D eigenvalue weighted by Gasteiger charge is 2.78. The van der Waals surface area contributed by atoms with Gasteiger partial charge in [0, 0.05) is 59.4 Å². The molecule has 0 saturated carbocycles. The Morgan fingerprint density at radius 3 is 1.83 bits per heavy atom. The van der Waals surface area contributed by atoms with Gasteiger partial charge in [-0.25, -0.2) is 4.98 Å². The SMILES string of the molecule is CC(C)c1cc(C(C)C)c(-c2cccc([N@+]34[CH-][N+]3(c3cc(Oc5ccc6c7ccccc7n(-c7cc(C(C)(C)C)ccn7)c6c5)cc(-c5ccccc5)c3)c3ccc(C(C)(C)C)cc34)c2)c(C(C)C)c1. The summed E-state index contributed by atoms with van der Waals surface area (Å²) in [5, 5.41) is 2.35. The van der Waals surface area contributed by atoms with E-state index in [1.165, 1.54) is 61.4 Å². The van der Waals surface area contributed by atoms with Gasteiger partial charge in [-0.05, 0) is 115 Å². The first kappa shape index (κ1) is 45.6. The van der Waals surface area contributed by atoms with Gasteiger partial charge in [-0.15, -0.1) is 0 Å². The lowest BCUT2D eigenvalue weighted by molar-refractivity contribution is 0.422. The summed E-state index contributed by atoms with van der Waals surface area (Å²) < 4.78 is 10.6. The Balaban J connectivity index is 1.08. The first-order valence-electron chi connectivity index (χ1n) is 25.4. The molecule has 4 heterocycles. The molecular formula is C65H67N4O+.